The zero-order valence-electron chi connectivity index (χ0n) is 19.9. The van der Waals surface area contributed by atoms with Crippen LogP contribution in [0.1, 0.15) is 61.9 Å². The number of benzene rings is 1. The Labute approximate surface area is 189 Å². The zero-order valence-corrected chi connectivity index (χ0v) is 19.9. The SMILES string of the molecule is COc1cc2c(cc1CC(C)C)-n1c(-c3ccn[nH]3)nc(C(=O)NCC(C)(C)C)c1CC2. The second-order valence-corrected chi connectivity index (χ2v) is 10.2. The molecule has 7 nitrogen and oxygen atoms in total. The predicted molar refractivity (Wildman–Crippen MR) is 125 cm³/mol. The van der Waals surface area contributed by atoms with Gasteiger partial charge in [0, 0.05) is 12.7 Å². The first kappa shape index (κ1) is 22.1. The number of H-pyrrole nitrogens is 1. The molecule has 32 heavy (non-hydrogen) atoms. The van der Waals surface area contributed by atoms with Gasteiger partial charge in [-0.25, -0.2) is 4.98 Å². The van der Waals surface area contributed by atoms with E-state index in [0.29, 0.717) is 24.0 Å². The molecule has 1 aliphatic heterocycles. The minimum atomic E-state index is -0.131. The summed E-state index contributed by atoms with van der Waals surface area (Å²) < 4.78 is 7.83. The van der Waals surface area contributed by atoms with Crippen LogP contribution in [0.5, 0.6) is 5.75 Å². The molecule has 0 saturated carbocycles. The molecule has 4 rings (SSSR count). The van der Waals surface area contributed by atoms with Gasteiger partial charge in [-0.1, -0.05) is 34.6 Å². The first-order valence-electron chi connectivity index (χ1n) is 11.3. The van der Waals surface area contributed by atoms with Gasteiger partial charge in [-0.15, -0.1) is 0 Å². The molecule has 7 heteroatoms. The second kappa shape index (κ2) is 8.45. The largest absolute Gasteiger partial charge is 0.496 e. The van der Waals surface area contributed by atoms with Crippen LogP contribution < -0.4 is 10.1 Å². The van der Waals surface area contributed by atoms with Crippen molar-refractivity contribution < 1.29 is 9.53 Å². The van der Waals surface area contributed by atoms with Gasteiger partial charge in [0.25, 0.3) is 5.91 Å². The molecule has 0 fully saturated rings. The fraction of sp³-hybridized carbons (Fsp3) is 0.480. The van der Waals surface area contributed by atoms with Gasteiger partial charge in [0.1, 0.15) is 11.4 Å². The van der Waals surface area contributed by atoms with Crippen molar-refractivity contribution in [2.24, 2.45) is 11.3 Å². The lowest BCUT2D eigenvalue weighted by Gasteiger charge is -2.24. The van der Waals surface area contributed by atoms with Crippen LogP contribution in [0, 0.1) is 11.3 Å². The minimum absolute atomic E-state index is 0.00341. The van der Waals surface area contributed by atoms with Crippen molar-refractivity contribution in [3.05, 3.63) is 46.9 Å². The summed E-state index contributed by atoms with van der Waals surface area (Å²) in [5, 5.41) is 10.2. The normalized spacial score (nSPS) is 13.1. The van der Waals surface area contributed by atoms with E-state index >= 15 is 0 Å². The topological polar surface area (TPSA) is 84.8 Å². The molecule has 0 unspecified atom stereocenters. The predicted octanol–water partition coefficient (Wildman–Crippen LogP) is 4.34. The molecule has 1 aliphatic rings. The number of methoxy groups -OCH3 is 1. The number of aromatic nitrogens is 4. The van der Waals surface area contributed by atoms with Crippen molar-refractivity contribution in [1.29, 1.82) is 0 Å². The maximum absolute atomic E-state index is 13.1. The summed E-state index contributed by atoms with van der Waals surface area (Å²) in [4.78, 5) is 18.0. The maximum Gasteiger partial charge on any atom is 0.271 e. The lowest BCUT2D eigenvalue weighted by molar-refractivity contribution is 0.0933. The Bertz CT molecular complexity index is 1120. The Morgan fingerprint density at radius 2 is 2.06 bits per heavy atom. The first-order valence-corrected chi connectivity index (χ1v) is 11.3. The third kappa shape index (κ3) is 4.29. The number of amides is 1. The van der Waals surface area contributed by atoms with Crippen LogP contribution in [0.3, 0.4) is 0 Å². The number of hydrogen-bond acceptors (Lipinski definition) is 4. The Kier molecular flexibility index (Phi) is 5.84. The van der Waals surface area contributed by atoms with Crippen LogP contribution in [-0.2, 0) is 19.3 Å². The minimum Gasteiger partial charge on any atom is -0.496 e. The Balaban J connectivity index is 1.86. The molecule has 2 N–H and O–H groups in total. The first-order chi connectivity index (χ1) is 15.2. The van der Waals surface area contributed by atoms with Crippen molar-refractivity contribution in [2.75, 3.05) is 13.7 Å². The Morgan fingerprint density at radius 3 is 2.69 bits per heavy atom. The number of hydrogen-bond donors (Lipinski definition) is 2. The number of nitrogens with one attached hydrogen (secondary N) is 2. The van der Waals surface area contributed by atoms with Crippen LogP contribution in [0.15, 0.2) is 24.4 Å². The number of nitrogens with zero attached hydrogens (tertiary/aromatic N) is 3. The van der Waals surface area contributed by atoms with Crippen molar-refractivity contribution in [2.45, 2.75) is 53.9 Å². The third-order valence-electron chi connectivity index (χ3n) is 5.69. The zero-order chi connectivity index (χ0) is 23.0. The number of imidazole rings is 1. The number of rotatable bonds is 6. The van der Waals surface area contributed by atoms with E-state index in [-0.39, 0.29) is 11.3 Å². The smallest absolute Gasteiger partial charge is 0.271 e. The number of fused-ring (bicyclic) bond motifs is 3. The van der Waals surface area contributed by atoms with Gasteiger partial charge < -0.3 is 10.1 Å². The molecule has 2 aromatic heterocycles. The summed E-state index contributed by atoms with van der Waals surface area (Å²) >= 11 is 0. The molecule has 0 spiro atoms. The molecule has 170 valence electrons. The Morgan fingerprint density at radius 1 is 1.28 bits per heavy atom. The van der Waals surface area contributed by atoms with Crippen LogP contribution in [0.2, 0.25) is 0 Å². The molecule has 0 saturated heterocycles. The van der Waals surface area contributed by atoms with Crippen molar-refractivity contribution in [3.8, 4) is 23.0 Å². The lowest BCUT2D eigenvalue weighted by Crippen LogP contribution is -2.33. The van der Waals surface area contributed by atoms with E-state index in [4.69, 9.17) is 9.72 Å². The highest BCUT2D eigenvalue weighted by atomic mass is 16.5. The van der Waals surface area contributed by atoms with Gasteiger partial charge in [-0.2, -0.15) is 5.10 Å². The highest BCUT2D eigenvalue weighted by molar-refractivity contribution is 5.94. The van der Waals surface area contributed by atoms with E-state index in [1.165, 1.54) is 5.56 Å². The highest BCUT2D eigenvalue weighted by Gasteiger charge is 2.30. The van der Waals surface area contributed by atoms with Gasteiger partial charge >= 0.3 is 0 Å². The number of ether oxygens (including phenoxy) is 1. The fourth-order valence-electron chi connectivity index (χ4n) is 4.22. The van der Waals surface area contributed by atoms with Crippen molar-refractivity contribution in [1.82, 2.24) is 25.1 Å². The van der Waals surface area contributed by atoms with Gasteiger partial charge in [-0.3, -0.25) is 14.5 Å². The van der Waals surface area contributed by atoms with Crippen LogP contribution in [-0.4, -0.2) is 39.3 Å². The average molecular weight is 436 g/mol. The summed E-state index contributed by atoms with van der Waals surface area (Å²) in [6, 6.07) is 6.24. The summed E-state index contributed by atoms with van der Waals surface area (Å²) in [5.74, 6) is 2.00. The number of aromatic amines is 1. The van der Waals surface area contributed by atoms with Gasteiger partial charge in [0.2, 0.25) is 0 Å². The molecule has 3 heterocycles. The molecule has 0 atom stereocenters. The average Bonchev–Trinajstić information content (AvgIpc) is 3.38. The van der Waals surface area contributed by atoms with E-state index in [9.17, 15) is 4.79 Å². The molecule has 0 radical (unpaired) electrons. The van der Waals surface area contributed by atoms with E-state index < -0.39 is 0 Å². The van der Waals surface area contributed by atoms with E-state index in [1.807, 2.05) is 6.07 Å². The second-order valence-electron chi connectivity index (χ2n) is 10.2. The maximum atomic E-state index is 13.1. The summed E-state index contributed by atoms with van der Waals surface area (Å²) in [7, 11) is 1.73. The molecular weight excluding hydrogens is 402 g/mol. The van der Waals surface area contributed by atoms with E-state index in [2.05, 4.69) is 66.8 Å². The van der Waals surface area contributed by atoms with Gasteiger partial charge in [-0.05, 0) is 59.9 Å². The quantitative estimate of drug-likeness (QED) is 0.603. The van der Waals surface area contributed by atoms with Crippen molar-refractivity contribution in [3.63, 3.8) is 0 Å². The fourth-order valence-corrected chi connectivity index (χ4v) is 4.22. The summed E-state index contributed by atoms with van der Waals surface area (Å²) in [5.41, 5.74) is 5.64. The molecule has 0 bridgehead atoms. The van der Waals surface area contributed by atoms with Crippen LogP contribution in [0.25, 0.3) is 17.2 Å². The molecule has 3 aromatic rings. The molecule has 1 amide bonds. The lowest BCUT2D eigenvalue weighted by atomic mass is 9.94. The van der Waals surface area contributed by atoms with Gasteiger partial charge in [0.15, 0.2) is 11.5 Å². The summed E-state index contributed by atoms with van der Waals surface area (Å²) in [6.07, 6.45) is 4.19. The Hall–Kier alpha value is -3.09. The van der Waals surface area contributed by atoms with E-state index in [1.54, 1.807) is 13.3 Å². The van der Waals surface area contributed by atoms with Gasteiger partial charge in [0.05, 0.1) is 18.5 Å². The highest BCUT2D eigenvalue weighted by Crippen LogP contribution is 2.36. The number of carbonyl (C=O) groups excluding carboxylic acids is 1. The van der Waals surface area contributed by atoms with Crippen LogP contribution >= 0.6 is 0 Å². The number of carbonyl (C=O) groups is 1. The van der Waals surface area contributed by atoms with E-state index in [0.717, 1.165) is 47.7 Å². The molecule has 0 aliphatic carbocycles. The van der Waals surface area contributed by atoms with Crippen LogP contribution in [0.4, 0.5) is 0 Å². The molecule has 1 aromatic carbocycles. The molecular formula is C25H33N5O2. The standard InChI is InChI=1S/C25H33N5O2/c1-15(2)11-17-12-20-16(13-21(17)32-6)7-8-19-22(24(31)26-14-25(3,4)5)28-23(30(19)20)18-9-10-27-29-18/h9-10,12-13,15H,7-8,11,14H2,1-6H3,(H,26,31)(H,27,29). The number of aryl methyl sites for hydroxylation is 1. The third-order valence-corrected chi connectivity index (χ3v) is 5.69. The van der Waals surface area contributed by atoms with Crippen molar-refractivity contribution >= 4 is 5.91 Å². The summed E-state index contributed by atoms with van der Waals surface area (Å²) in [6.45, 7) is 11.3. The monoisotopic (exact) mass is 435 g/mol.